The topological polar surface area (TPSA) is 57.2 Å². The summed E-state index contributed by atoms with van der Waals surface area (Å²) in [7, 11) is 0. The van der Waals surface area contributed by atoms with Crippen molar-refractivity contribution in [3.05, 3.63) is 59.5 Å². The van der Waals surface area contributed by atoms with E-state index in [1.807, 2.05) is 16.7 Å². The number of rotatable bonds is 2. The molecule has 0 unspecified atom stereocenters. The van der Waals surface area contributed by atoms with Gasteiger partial charge in [0.25, 0.3) is 0 Å². The normalized spacial score (nSPS) is 15.9. The highest BCUT2D eigenvalue weighted by atomic mass is 15.3. The molecule has 0 aliphatic carbocycles. The molecule has 3 aromatic rings. The van der Waals surface area contributed by atoms with Crippen LogP contribution in [0.2, 0.25) is 0 Å². The van der Waals surface area contributed by atoms with Gasteiger partial charge in [-0.15, -0.1) is 10.2 Å². The lowest BCUT2D eigenvalue weighted by molar-refractivity contribution is 0.505. The summed E-state index contributed by atoms with van der Waals surface area (Å²) in [6.07, 6.45) is 4.20. The molecule has 1 aromatic carbocycles. The van der Waals surface area contributed by atoms with E-state index in [1.165, 1.54) is 5.56 Å². The zero-order chi connectivity index (χ0) is 19.0. The minimum absolute atomic E-state index is 0.123. The second-order valence-electron chi connectivity index (χ2n) is 8.33. The van der Waals surface area contributed by atoms with Crippen LogP contribution in [-0.4, -0.2) is 27.7 Å². The Balaban J connectivity index is 1.62. The summed E-state index contributed by atoms with van der Waals surface area (Å²) in [5.41, 5.74) is 3.55. The number of nitriles is 1. The molecule has 0 amide bonds. The number of hydrogen-bond donors (Lipinski definition) is 0. The van der Waals surface area contributed by atoms with Crippen LogP contribution in [0.1, 0.15) is 56.5 Å². The van der Waals surface area contributed by atoms with Crippen LogP contribution in [0.3, 0.4) is 0 Å². The molecule has 5 heteroatoms. The maximum absolute atomic E-state index is 9.83. The zero-order valence-electron chi connectivity index (χ0n) is 16.2. The van der Waals surface area contributed by atoms with Crippen LogP contribution < -0.4 is 4.90 Å². The molecule has 1 fully saturated rings. The molecular formula is C22H25N5. The summed E-state index contributed by atoms with van der Waals surface area (Å²) < 4.78 is 1.96. The first-order valence-electron chi connectivity index (χ1n) is 9.57. The Morgan fingerprint density at radius 1 is 1.04 bits per heavy atom. The summed E-state index contributed by atoms with van der Waals surface area (Å²) in [6, 6.07) is 15.2. The number of pyridine rings is 1. The molecule has 1 aliphatic rings. The van der Waals surface area contributed by atoms with Crippen LogP contribution in [0.5, 0.6) is 0 Å². The quantitative estimate of drug-likeness (QED) is 0.685. The molecule has 27 heavy (non-hydrogen) atoms. The Labute approximate surface area is 160 Å². The molecule has 138 valence electrons. The van der Waals surface area contributed by atoms with Crippen molar-refractivity contribution in [1.29, 1.82) is 5.26 Å². The van der Waals surface area contributed by atoms with E-state index >= 15 is 0 Å². The fraction of sp³-hybridized carbons (Fsp3) is 0.409. The van der Waals surface area contributed by atoms with Gasteiger partial charge in [0.05, 0.1) is 5.69 Å². The van der Waals surface area contributed by atoms with Crippen molar-refractivity contribution in [2.24, 2.45) is 0 Å². The summed E-state index contributed by atoms with van der Waals surface area (Å²) in [5, 5.41) is 18.5. The van der Waals surface area contributed by atoms with Crippen LogP contribution >= 0.6 is 0 Å². The van der Waals surface area contributed by atoms with Crippen molar-refractivity contribution in [2.45, 2.75) is 44.9 Å². The van der Waals surface area contributed by atoms with Crippen molar-refractivity contribution in [3.63, 3.8) is 0 Å². The highest BCUT2D eigenvalue weighted by Gasteiger charge is 2.26. The molecule has 2 aromatic heterocycles. The van der Waals surface area contributed by atoms with Gasteiger partial charge in [-0.2, -0.15) is 5.26 Å². The van der Waals surface area contributed by atoms with Gasteiger partial charge in [-0.1, -0.05) is 51.1 Å². The van der Waals surface area contributed by atoms with E-state index in [1.54, 1.807) is 0 Å². The first-order valence-corrected chi connectivity index (χ1v) is 9.57. The fourth-order valence-corrected chi connectivity index (χ4v) is 4.01. The fourth-order valence-electron chi connectivity index (χ4n) is 4.01. The highest BCUT2D eigenvalue weighted by molar-refractivity contribution is 5.71. The molecule has 0 bridgehead atoms. The second-order valence-corrected chi connectivity index (χ2v) is 8.33. The molecular weight excluding hydrogens is 334 g/mol. The molecule has 5 nitrogen and oxygen atoms in total. The highest BCUT2D eigenvalue weighted by Crippen LogP contribution is 2.33. The third-order valence-corrected chi connectivity index (χ3v) is 5.45. The molecule has 0 spiro atoms. The molecule has 0 N–H and O–H groups in total. The van der Waals surface area contributed by atoms with Gasteiger partial charge in [0, 0.05) is 24.7 Å². The third-order valence-electron chi connectivity index (χ3n) is 5.45. The van der Waals surface area contributed by atoms with Crippen LogP contribution in [0.25, 0.3) is 5.65 Å². The molecule has 0 atom stereocenters. The molecule has 1 aliphatic heterocycles. The van der Waals surface area contributed by atoms with Gasteiger partial charge in [0.2, 0.25) is 0 Å². The zero-order valence-corrected chi connectivity index (χ0v) is 16.2. The standard InChI is InChI=1S/C22H25N5/c1-22(2,3)21-25-24-20-18(15-23)19(11-14-27(20)21)26-12-9-17(10-13-26)16-7-5-4-6-8-16/h4-8,11,14,17H,9-10,12-13H2,1-3H3. The summed E-state index contributed by atoms with van der Waals surface area (Å²) >= 11 is 0. The van der Waals surface area contributed by atoms with Gasteiger partial charge in [-0.05, 0) is 30.4 Å². The van der Waals surface area contributed by atoms with E-state index in [-0.39, 0.29) is 5.41 Å². The number of anilines is 1. The van der Waals surface area contributed by atoms with Crippen molar-refractivity contribution in [1.82, 2.24) is 14.6 Å². The van der Waals surface area contributed by atoms with Crippen LogP contribution in [0.4, 0.5) is 5.69 Å². The van der Waals surface area contributed by atoms with E-state index in [0.29, 0.717) is 17.1 Å². The van der Waals surface area contributed by atoms with Crippen molar-refractivity contribution in [2.75, 3.05) is 18.0 Å². The third kappa shape index (κ3) is 3.16. The van der Waals surface area contributed by atoms with E-state index in [9.17, 15) is 5.26 Å². The minimum Gasteiger partial charge on any atom is -0.370 e. The van der Waals surface area contributed by atoms with Crippen molar-refractivity contribution in [3.8, 4) is 6.07 Å². The van der Waals surface area contributed by atoms with E-state index in [4.69, 9.17) is 0 Å². The number of fused-ring (bicyclic) bond motifs is 1. The molecule has 3 heterocycles. The van der Waals surface area contributed by atoms with Gasteiger partial charge in [0.1, 0.15) is 17.5 Å². The van der Waals surface area contributed by atoms with Crippen LogP contribution in [0, 0.1) is 11.3 Å². The largest absolute Gasteiger partial charge is 0.370 e. The van der Waals surface area contributed by atoms with Gasteiger partial charge in [-0.3, -0.25) is 4.40 Å². The maximum Gasteiger partial charge on any atom is 0.180 e. The van der Waals surface area contributed by atoms with E-state index < -0.39 is 0 Å². The maximum atomic E-state index is 9.83. The number of hydrogen-bond acceptors (Lipinski definition) is 4. The smallest absolute Gasteiger partial charge is 0.180 e. The number of benzene rings is 1. The van der Waals surface area contributed by atoms with Gasteiger partial charge in [-0.25, -0.2) is 0 Å². The molecule has 0 radical (unpaired) electrons. The monoisotopic (exact) mass is 359 g/mol. The Hall–Kier alpha value is -2.87. The lowest BCUT2D eigenvalue weighted by atomic mass is 9.89. The van der Waals surface area contributed by atoms with E-state index in [2.05, 4.69) is 72.3 Å². The van der Waals surface area contributed by atoms with Crippen LogP contribution in [-0.2, 0) is 5.41 Å². The lowest BCUT2D eigenvalue weighted by Crippen LogP contribution is -2.33. The summed E-state index contributed by atoms with van der Waals surface area (Å²) in [5.74, 6) is 1.47. The van der Waals surface area contributed by atoms with Gasteiger partial charge >= 0.3 is 0 Å². The van der Waals surface area contributed by atoms with E-state index in [0.717, 1.165) is 37.4 Å². The summed E-state index contributed by atoms with van der Waals surface area (Å²) in [4.78, 5) is 2.32. The molecule has 4 rings (SSSR count). The average Bonchev–Trinajstić information content (AvgIpc) is 3.13. The number of piperidine rings is 1. The molecule has 1 saturated heterocycles. The Kier molecular flexibility index (Phi) is 4.35. The Morgan fingerprint density at radius 3 is 2.37 bits per heavy atom. The SMILES string of the molecule is CC(C)(C)c1nnc2c(C#N)c(N3CCC(c4ccccc4)CC3)ccn12. The molecule has 0 saturated carbocycles. The lowest BCUT2D eigenvalue weighted by Gasteiger charge is -2.34. The van der Waals surface area contributed by atoms with Gasteiger partial charge < -0.3 is 4.90 Å². The summed E-state index contributed by atoms with van der Waals surface area (Å²) in [6.45, 7) is 8.22. The average molecular weight is 359 g/mol. The first-order chi connectivity index (χ1) is 13.0. The Morgan fingerprint density at radius 2 is 1.74 bits per heavy atom. The van der Waals surface area contributed by atoms with Crippen molar-refractivity contribution < 1.29 is 0 Å². The van der Waals surface area contributed by atoms with Gasteiger partial charge in [0.15, 0.2) is 5.65 Å². The minimum atomic E-state index is -0.123. The Bertz CT molecular complexity index is 983. The van der Waals surface area contributed by atoms with Crippen LogP contribution in [0.15, 0.2) is 42.6 Å². The number of aromatic nitrogens is 3. The van der Waals surface area contributed by atoms with Crippen molar-refractivity contribution >= 4 is 11.3 Å². The second kappa shape index (κ2) is 6.70. The predicted molar refractivity (Wildman–Crippen MR) is 107 cm³/mol. The first kappa shape index (κ1) is 17.5. The number of nitrogens with zero attached hydrogens (tertiary/aromatic N) is 5. The predicted octanol–water partition coefficient (Wildman–Crippen LogP) is 4.28.